The van der Waals surface area contributed by atoms with Gasteiger partial charge in [0.25, 0.3) is 0 Å². The van der Waals surface area contributed by atoms with Crippen LogP contribution >= 0.6 is 11.8 Å². The molecule has 3 aliphatic rings. The highest BCUT2D eigenvalue weighted by atomic mass is 32.2. The number of thioether (sulfide) groups is 1. The van der Waals surface area contributed by atoms with Crippen molar-refractivity contribution in [2.75, 3.05) is 51.6 Å². The van der Waals surface area contributed by atoms with Crippen molar-refractivity contribution >= 4 is 23.8 Å². The van der Waals surface area contributed by atoms with Crippen LogP contribution in [0.3, 0.4) is 0 Å². The van der Waals surface area contributed by atoms with E-state index in [1.165, 1.54) is 18.6 Å². The lowest BCUT2D eigenvalue weighted by molar-refractivity contribution is -0.139. The van der Waals surface area contributed by atoms with Gasteiger partial charge in [-0.05, 0) is 56.3 Å². The number of benzene rings is 1. The number of nitrogens with one attached hydrogen (secondary N) is 1. The number of carbonyl (C=O) groups is 2. The minimum atomic E-state index is -4.58. The Morgan fingerprint density at radius 2 is 1.72 bits per heavy atom. The van der Waals surface area contributed by atoms with Crippen molar-refractivity contribution in [3.8, 4) is 11.3 Å². The van der Waals surface area contributed by atoms with Crippen molar-refractivity contribution in [1.82, 2.24) is 29.8 Å². The minimum Gasteiger partial charge on any atom is -0.465 e. The molecule has 3 N–H and O–H groups in total. The SMILES string of the molecule is CC(C)(C)C(NC(=O)O)C(=O)N1CCc2c(c(-c3ccc(C(F)(F)F)c(SCCN4CCC(F)CC4)c3)nn2CC(O)CN2CCCCC2)C1. The molecule has 2 unspecified atom stereocenters. The second-order valence-corrected chi connectivity index (χ2v) is 15.9. The molecule has 1 aromatic heterocycles. The van der Waals surface area contributed by atoms with Gasteiger partial charge >= 0.3 is 12.3 Å². The van der Waals surface area contributed by atoms with Crippen molar-refractivity contribution in [3.05, 3.63) is 35.0 Å². The predicted octanol–water partition coefficient (Wildman–Crippen LogP) is 5.51. The summed E-state index contributed by atoms with van der Waals surface area (Å²) in [6, 6.07) is 2.96. The molecule has 0 radical (unpaired) electrons. The molecule has 0 saturated carbocycles. The monoisotopic (exact) mass is 726 g/mol. The highest BCUT2D eigenvalue weighted by Gasteiger charge is 2.39. The van der Waals surface area contributed by atoms with E-state index in [9.17, 15) is 37.4 Å². The summed E-state index contributed by atoms with van der Waals surface area (Å²) < 4.78 is 58.0. The number of piperidine rings is 2. The van der Waals surface area contributed by atoms with Gasteiger partial charge in [0, 0.05) is 73.2 Å². The minimum absolute atomic E-state index is 0.0611. The zero-order chi connectivity index (χ0) is 36.2. The average molecular weight is 727 g/mol. The summed E-state index contributed by atoms with van der Waals surface area (Å²) in [4.78, 5) is 31.3. The van der Waals surface area contributed by atoms with Crippen LogP contribution in [-0.2, 0) is 30.5 Å². The molecule has 2 saturated heterocycles. The molecule has 5 rings (SSSR count). The number of amides is 2. The van der Waals surface area contributed by atoms with E-state index in [0.29, 0.717) is 74.6 Å². The third-order valence-corrected chi connectivity index (χ3v) is 10.9. The number of alkyl halides is 4. The number of fused-ring (bicyclic) bond motifs is 1. The first-order chi connectivity index (χ1) is 23.6. The fourth-order valence-electron chi connectivity index (χ4n) is 7.15. The van der Waals surface area contributed by atoms with E-state index in [1.54, 1.807) is 30.4 Å². The first kappa shape index (κ1) is 38.4. The predicted molar refractivity (Wildman–Crippen MR) is 184 cm³/mol. The van der Waals surface area contributed by atoms with Gasteiger partial charge in [0.2, 0.25) is 5.91 Å². The fourth-order valence-corrected chi connectivity index (χ4v) is 8.27. The van der Waals surface area contributed by atoms with E-state index in [2.05, 4.69) is 15.1 Å². The van der Waals surface area contributed by atoms with Crippen LogP contribution in [-0.4, -0.2) is 117 Å². The van der Waals surface area contributed by atoms with Crippen molar-refractivity contribution in [1.29, 1.82) is 0 Å². The number of carbonyl (C=O) groups excluding carboxylic acids is 1. The van der Waals surface area contributed by atoms with Crippen LogP contribution in [0.25, 0.3) is 11.3 Å². The molecule has 0 bridgehead atoms. The van der Waals surface area contributed by atoms with Crippen LogP contribution in [0.2, 0.25) is 0 Å². The van der Waals surface area contributed by atoms with Gasteiger partial charge in [-0.1, -0.05) is 33.3 Å². The molecule has 0 aliphatic carbocycles. The van der Waals surface area contributed by atoms with E-state index < -0.39 is 47.5 Å². The number of carboxylic acid groups (broad SMARTS) is 1. The molecule has 10 nitrogen and oxygen atoms in total. The quantitative estimate of drug-likeness (QED) is 0.206. The number of hydrogen-bond donors (Lipinski definition) is 3. The van der Waals surface area contributed by atoms with E-state index in [4.69, 9.17) is 5.10 Å². The summed E-state index contributed by atoms with van der Waals surface area (Å²) in [7, 11) is 0. The second kappa shape index (κ2) is 16.2. The summed E-state index contributed by atoms with van der Waals surface area (Å²) >= 11 is 1.11. The number of likely N-dealkylation sites (tertiary alicyclic amines) is 2. The Bertz CT molecular complexity index is 1480. The Morgan fingerprint density at radius 3 is 2.36 bits per heavy atom. The Hall–Kier alpha value is -2.88. The maximum Gasteiger partial charge on any atom is 0.417 e. The Balaban J connectivity index is 1.46. The highest BCUT2D eigenvalue weighted by molar-refractivity contribution is 7.99. The molecule has 15 heteroatoms. The highest BCUT2D eigenvalue weighted by Crippen LogP contribution is 2.40. The molecule has 2 fully saturated rings. The molecule has 2 atom stereocenters. The molecule has 4 heterocycles. The van der Waals surface area contributed by atoms with Gasteiger partial charge in [0.15, 0.2) is 0 Å². The van der Waals surface area contributed by atoms with Crippen LogP contribution < -0.4 is 5.32 Å². The van der Waals surface area contributed by atoms with Crippen LogP contribution in [0.4, 0.5) is 22.4 Å². The number of hydrogen-bond acceptors (Lipinski definition) is 7. The first-order valence-electron chi connectivity index (χ1n) is 17.6. The van der Waals surface area contributed by atoms with Gasteiger partial charge in [-0.3, -0.25) is 9.48 Å². The summed E-state index contributed by atoms with van der Waals surface area (Å²) in [5.41, 5.74) is 0.894. The van der Waals surface area contributed by atoms with Crippen molar-refractivity contribution in [3.63, 3.8) is 0 Å². The molecular weight excluding hydrogens is 676 g/mol. The molecular formula is C35H50F4N6O4S. The lowest BCUT2D eigenvalue weighted by Gasteiger charge is -2.36. The Labute approximate surface area is 295 Å². The zero-order valence-electron chi connectivity index (χ0n) is 29.1. The third-order valence-electron chi connectivity index (χ3n) is 9.87. The van der Waals surface area contributed by atoms with Gasteiger partial charge in [-0.25, -0.2) is 9.18 Å². The molecule has 1 aromatic carbocycles. The number of aliphatic hydroxyl groups excluding tert-OH is 1. The molecule has 2 amide bonds. The number of halogens is 4. The van der Waals surface area contributed by atoms with E-state index in [0.717, 1.165) is 49.5 Å². The third kappa shape index (κ3) is 9.71. The number of β-amino-alcohol motifs (C(OH)–C–C–N with tert-alkyl or cyclic N) is 1. The summed E-state index contributed by atoms with van der Waals surface area (Å²) in [6.45, 7) is 9.90. The zero-order valence-corrected chi connectivity index (χ0v) is 30.0. The number of nitrogens with zero attached hydrogens (tertiary/aromatic N) is 5. The summed E-state index contributed by atoms with van der Waals surface area (Å²) in [5.74, 6) is 0.000952. The topological polar surface area (TPSA) is 114 Å². The Morgan fingerprint density at radius 1 is 1.02 bits per heavy atom. The molecule has 2 aromatic rings. The molecule has 50 heavy (non-hydrogen) atoms. The normalized spacial score (nSPS) is 19.6. The van der Waals surface area contributed by atoms with Gasteiger partial charge in [-0.2, -0.15) is 18.3 Å². The summed E-state index contributed by atoms with van der Waals surface area (Å²) in [6.07, 6.45) is -2.88. The van der Waals surface area contributed by atoms with Gasteiger partial charge < -0.3 is 30.2 Å². The fraction of sp³-hybridized carbons (Fsp3) is 0.686. The van der Waals surface area contributed by atoms with Crippen LogP contribution in [0.15, 0.2) is 23.1 Å². The van der Waals surface area contributed by atoms with Gasteiger partial charge in [0.1, 0.15) is 12.2 Å². The lowest BCUT2D eigenvalue weighted by atomic mass is 9.85. The van der Waals surface area contributed by atoms with E-state index in [1.807, 2.05) is 0 Å². The molecule has 3 aliphatic heterocycles. The number of aromatic nitrogens is 2. The number of rotatable bonds is 11. The summed E-state index contributed by atoms with van der Waals surface area (Å²) in [5, 5.41) is 27.9. The van der Waals surface area contributed by atoms with Crippen LogP contribution in [0, 0.1) is 5.41 Å². The number of aliphatic hydroxyl groups is 1. The van der Waals surface area contributed by atoms with Crippen molar-refractivity contribution < 1.29 is 37.4 Å². The standard InChI is InChI=1S/C35H50F4N6O4S/c1-34(2,3)31(40-33(48)49)32(47)44-16-11-28-26(22-44)30(41-45(28)21-25(46)20-43-12-5-4-6-13-43)23-7-8-27(35(37,38)39)29(19-23)50-18-17-42-14-9-24(36)10-15-42/h7-8,19,24-25,31,40,46H,4-6,9-18,20-22H2,1-3H3,(H,48,49). The molecule has 0 spiro atoms. The van der Waals surface area contributed by atoms with Crippen LogP contribution in [0.5, 0.6) is 0 Å². The molecule has 278 valence electrons. The van der Waals surface area contributed by atoms with Crippen molar-refractivity contribution in [2.24, 2.45) is 5.41 Å². The van der Waals surface area contributed by atoms with E-state index in [-0.39, 0.29) is 18.0 Å². The van der Waals surface area contributed by atoms with Crippen molar-refractivity contribution in [2.45, 2.75) is 102 Å². The van der Waals surface area contributed by atoms with Gasteiger partial charge in [-0.15, -0.1) is 11.8 Å². The maximum atomic E-state index is 14.2. The van der Waals surface area contributed by atoms with E-state index >= 15 is 0 Å². The van der Waals surface area contributed by atoms with Gasteiger partial charge in [0.05, 0.1) is 23.9 Å². The smallest absolute Gasteiger partial charge is 0.417 e. The average Bonchev–Trinajstić information content (AvgIpc) is 3.40. The van der Waals surface area contributed by atoms with Crippen LogP contribution in [0.1, 0.15) is 69.7 Å². The second-order valence-electron chi connectivity index (χ2n) is 14.8. The largest absolute Gasteiger partial charge is 0.465 e. The first-order valence-corrected chi connectivity index (χ1v) is 18.6. The lowest BCUT2D eigenvalue weighted by Crippen LogP contribution is -2.55. The Kier molecular flexibility index (Phi) is 12.4. The maximum absolute atomic E-state index is 14.2.